The van der Waals surface area contributed by atoms with Gasteiger partial charge in [-0.2, -0.15) is 0 Å². The number of aromatic nitrogens is 1. The van der Waals surface area contributed by atoms with Crippen LogP contribution in [0, 0.1) is 0 Å². The van der Waals surface area contributed by atoms with E-state index in [1.807, 2.05) is 6.07 Å². The molecule has 4 heteroatoms. The predicted molar refractivity (Wildman–Crippen MR) is 69.7 cm³/mol. The Morgan fingerprint density at radius 2 is 2.41 bits per heavy atom. The molecule has 1 aliphatic heterocycles. The molecule has 0 saturated carbocycles. The zero-order valence-corrected chi connectivity index (χ0v) is 9.96. The first-order chi connectivity index (χ1) is 8.25. The van der Waals surface area contributed by atoms with E-state index in [1.165, 1.54) is 19.3 Å². The molecule has 2 heterocycles. The number of pyridine rings is 1. The van der Waals surface area contributed by atoms with Gasteiger partial charge in [0.2, 0.25) is 5.56 Å². The Morgan fingerprint density at radius 3 is 3.12 bits per heavy atom. The molecule has 1 unspecified atom stereocenters. The highest BCUT2D eigenvalue weighted by Gasteiger charge is 2.12. The van der Waals surface area contributed by atoms with E-state index in [2.05, 4.69) is 22.2 Å². The summed E-state index contributed by atoms with van der Waals surface area (Å²) in [5.41, 5.74) is 1.56. The summed E-state index contributed by atoms with van der Waals surface area (Å²) in [4.78, 5) is 13.8. The van der Waals surface area contributed by atoms with Crippen molar-refractivity contribution < 1.29 is 0 Å². The largest absolute Gasteiger partial charge is 0.383 e. The van der Waals surface area contributed by atoms with Gasteiger partial charge in [0.25, 0.3) is 0 Å². The maximum absolute atomic E-state index is 11.2. The average Bonchev–Trinajstić information content (AvgIpc) is 2.37. The molecule has 0 radical (unpaired) electrons. The Bertz CT molecular complexity index is 432. The van der Waals surface area contributed by atoms with Crippen LogP contribution in [0.2, 0.25) is 0 Å². The molecule has 0 spiro atoms. The summed E-state index contributed by atoms with van der Waals surface area (Å²) >= 11 is 0. The maximum atomic E-state index is 11.2. The van der Waals surface area contributed by atoms with E-state index in [1.54, 1.807) is 12.3 Å². The number of hydrogen-bond acceptors (Lipinski definition) is 3. The van der Waals surface area contributed by atoms with Crippen LogP contribution in [0.4, 0.5) is 0 Å². The van der Waals surface area contributed by atoms with Crippen LogP contribution >= 0.6 is 0 Å². The van der Waals surface area contributed by atoms with E-state index in [4.69, 9.17) is 0 Å². The fourth-order valence-electron chi connectivity index (χ4n) is 2.08. The zero-order valence-electron chi connectivity index (χ0n) is 9.96. The van der Waals surface area contributed by atoms with Gasteiger partial charge in [-0.3, -0.25) is 4.79 Å². The summed E-state index contributed by atoms with van der Waals surface area (Å²) in [7, 11) is 0. The van der Waals surface area contributed by atoms with Crippen molar-refractivity contribution in [3.63, 3.8) is 0 Å². The Labute approximate surface area is 101 Å². The van der Waals surface area contributed by atoms with Crippen molar-refractivity contribution in [1.82, 2.24) is 15.6 Å². The third-order valence-corrected chi connectivity index (χ3v) is 3.10. The van der Waals surface area contributed by atoms with Crippen LogP contribution in [-0.4, -0.2) is 24.1 Å². The normalized spacial score (nSPS) is 19.9. The lowest BCUT2D eigenvalue weighted by Crippen LogP contribution is -2.41. The zero-order chi connectivity index (χ0) is 12.1. The third kappa shape index (κ3) is 3.46. The molecule has 1 atom stereocenters. The van der Waals surface area contributed by atoms with Crippen LogP contribution < -0.4 is 16.2 Å². The van der Waals surface area contributed by atoms with Crippen molar-refractivity contribution in [3.8, 4) is 0 Å². The van der Waals surface area contributed by atoms with Crippen molar-refractivity contribution in [2.75, 3.05) is 13.1 Å². The highest BCUT2D eigenvalue weighted by molar-refractivity contribution is 5.60. The highest BCUT2D eigenvalue weighted by atomic mass is 16.1. The van der Waals surface area contributed by atoms with Gasteiger partial charge in [-0.15, -0.1) is 0 Å². The quantitative estimate of drug-likeness (QED) is 0.729. The second-order valence-electron chi connectivity index (χ2n) is 4.45. The first-order valence-corrected chi connectivity index (χ1v) is 6.11. The van der Waals surface area contributed by atoms with Crippen molar-refractivity contribution in [2.45, 2.75) is 25.3 Å². The Balaban J connectivity index is 1.86. The average molecular weight is 233 g/mol. The van der Waals surface area contributed by atoms with Crippen LogP contribution in [0.15, 0.2) is 29.7 Å². The summed E-state index contributed by atoms with van der Waals surface area (Å²) < 4.78 is 0. The Kier molecular flexibility index (Phi) is 3.98. The summed E-state index contributed by atoms with van der Waals surface area (Å²) in [6.07, 6.45) is 5.40. The van der Waals surface area contributed by atoms with E-state index < -0.39 is 0 Å². The van der Waals surface area contributed by atoms with Crippen molar-refractivity contribution >= 4 is 5.70 Å². The lowest BCUT2D eigenvalue weighted by atomic mass is 10.0. The molecule has 2 rings (SSSR count). The van der Waals surface area contributed by atoms with Gasteiger partial charge in [0, 0.05) is 36.1 Å². The summed E-state index contributed by atoms with van der Waals surface area (Å²) in [6, 6.07) is 3.93. The molecule has 1 saturated heterocycles. The van der Waals surface area contributed by atoms with Crippen LogP contribution in [0.25, 0.3) is 5.70 Å². The molecule has 0 amide bonds. The van der Waals surface area contributed by atoms with E-state index in [0.29, 0.717) is 6.04 Å². The monoisotopic (exact) mass is 233 g/mol. The molecule has 17 heavy (non-hydrogen) atoms. The first kappa shape index (κ1) is 11.9. The molecule has 1 aromatic rings. The molecule has 1 aromatic heterocycles. The van der Waals surface area contributed by atoms with Crippen LogP contribution in [0.5, 0.6) is 0 Å². The van der Waals surface area contributed by atoms with Crippen LogP contribution in [0.1, 0.15) is 24.8 Å². The van der Waals surface area contributed by atoms with Gasteiger partial charge in [0.05, 0.1) is 0 Å². The molecule has 0 bridgehead atoms. The van der Waals surface area contributed by atoms with Crippen molar-refractivity contribution in [2.24, 2.45) is 0 Å². The first-order valence-electron chi connectivity index (χ1n) is 6.11. The molecule has 1 fully saturated rings. The molecule has 0 aromatic carbocycles. The number of rotatable bonds is 4. The SMILES string of the molecule is C=C(NCC1CCCCN1)c1cc[nH]c(=O)c1. The number of piperidine rings is 1. The minimum absolute atomic E-state index is 0.0961. The Morgan fingerprint density at radius 1 is 1.53 bits per heavy atom. The van der Waals surface area contributed by atoms with Gasteiger partial charge in [-0.1, -0.05) is 13.0 Å². The lowest BCUT2D eigenvalue weighted by molar-refractivity contribution is 0.397. The molecule has 92 valence electrons. The second-order valence-corrected chi connectivity index (χ2v) is 4.45. The van der Waals surface area contributed by atoms with Crippen molar-refractivity contribution in [3.05, 3.63) is 40.8 Å². The number of aromatic amines is 1. The van der Waals surface area contributed by atoms with Gasteiger partial charge in [0.15, 0.2) is 0 Å². The molecule has 1 aliphatic rings. The van der Waals surface area contributed by atoms with E-state index >= 15 is 0 Å². The van der Waals surface area contributed by atoms with E-state index in [-0.39, 0.29) is 5.56 Å². The van der Waals surface area contributed by atoms with Crippen LogP contribution in [0.3, 0.4) is 0 Å². The van der Waals surface area contributed by atoms with Crippen LogP contribution in [-0.2, 0) is 0 Å². The van der Waals surface area contributed by atoms with Crippen molar-refractivity contribution in [1.29, 1.82) is 0 Å². The molecular weight excluding hydrogens is 214 g/mol. The summed E-state index contributed by atoms with van der Waals surface area (Å²) in [6.45, 7) is 5.93. The number of nitrogens with one attached hydrogen (secondary N) is 3. The fraction of sp³-hybridized carbons (Fsp3) is 0.462. The van der Waals surface area contributed by atoms with Gasteiger partial charge >= 0.3 is 0 Å². The molecule has 3 N–H and O–H groups in total. The number of hydrogen-bond donors (Lipinski definition) is 3. The smallest absolute Gasteiger partial charge is 0.248 e. The maximum Gasteiger partial charge on any atom is 0.248 e. The molecular formula is C13H19N3O. The van der Waals surface area contributed by atoms with E-state index in [0.717, 1.165) is 24.4 Å². The second kappa shape index (κ2) is 5.68. The minimum atomic E-state index is -0.0961. The van der Waals surface area contributed by atoms with Gasteiger partial charge < -0.3 is 15.6 Å². The lowest BCUT2D eigenvalue weighted by Gasteiger charge is -2.24. The molecule has 4 nitrogen and oxygen atoms in total. The Hall–Kier alpha value is -1.55. The predicted octanol–water partition coefficient (Wildman–Crippen LogP) is 1.08. The fourth-order valence-corrected chi connectivity index (χ4v) is 2.08. The standard InChI is InChI=1S/C13H19N3O/c1-10(11-5-7-15-13(17)8-11)16-9-12-4-2-3-6-14-12/h5,7-8,12,14,16H,1-4,6,9H2,(H,15,17). The number of H-pyrrole nitrogens is 1. The minimum Gasteiger partial charge on any atom is -0.383 e. The summed E-state index contributed by atoms with van der Waals surface area (Å²) in [5.74, 6) is 0. The highest BCUT2D eigenvalue weighted by Crippen LogP contribution is 2.09. The van der Waals surface area contributed by atoms with Gasteiger partial charge in [-0.25, -0.2) is 0 Å². The molecule has 0 aliphatic carbocycles. The van der Waals surface area contributed by atoms with Gasteiger partial charge in [0.1, 0.15) is 0 Å². The summed E-state index contributed by atoms with van der Waals surface area (Å²) in [5, 5.41) is 6.75. The van der Waals surface area contributed by atoms with E-state index in [9.17, 15) is 4.79 Å². The topological polar surface area (TPSA) is 56.9 Å². The third-order valence-electron chi connectivity index (χ3n) is 3.10. The van der Waals surface area contributed by atoms with Gasteiger partial charge in [-0.05, 0) is 25.5 Å².